The van der Waals surface area contributed by atoms with E-state index in [9.17, 15) is 4.79 Å². The number of hydrogen-bond acceptors (Lipinski definition) is 3. The second-order valence-corrected chi connectivity index (χ2v) is 5.05. The molecule has 92 valence electrons. The van der Waals surface area contributed by atoms with Gasteiger partial charge in [0.15, 0.2) is 0 Å². The van der Waals surface area contributed by atoms with E-state index in [1.165, 1.54) is 0 Å². The standard InChI is InChI=1S/C11H21N3O2/c1-7(13-14-10(12)16)9-6-8(4-5-15)11(9,2)3/h8-9,15H,4-6H2,1-3H3,(H3,12,14,16)/b13-7+. The van der Waals surface area contributed by atoms with E-state index in [0.717, 1.165) is 18.6 Å². The molecule has 4 N–H and O–H groups in total. The van der Waals surface area contributed by atoms with Crippen LogP contribution in [0.3, 0.4) is 0 Å². The Morgan fingerprint density at radius 1 is 1.62 bits per heavy atom. The van der Waals surface area contributed by atoms with Crippen LogP contribution < -0.4 is 11.2 Å². The van der Waals surface area contributed by atoms with Crippen LogP contribution in [-0.4, -0.2) is 23.5 Å². The minimum Gasteiger partial charge on any atom is -0.396 e. The highest BCUT2D eigenvalue weighted by atomic mass is 16.3. The molecule has 16 heavy (non-hydrogen) atoms. The van der Waals surface area contributed by atoms with Crippen LogP contribution >= 0.6 is 0 Å². The number of nitrogens with zero attached hydrogens (tertiary/aromatic N) is 1. The predicted octanol–water partition coefficient (Wildman–Crippen LogP) is 1.08. The molecule has 2 atom stereocenters. The number of rotatable bonds is 4. The maximum Gasteiger partial charge on any atom is 0.332 e. The van der Waals surface area contributed by atoms with Crippen LogP contribution in [0.1, 0.15) is 33.6 Å². The van der Waals surface area contributed by atoms with Crippen LogP contribution in [0.15, 0.2) is 5.10 Å². The van der Waals surface area contributed by atoms with E-state index in [2.05, 4.69) is 24.4 Å². The van der Waals surface area contributed by atoms with Crippen molar-refractivity contribution >= 4 is 11.7 Å². The second-order valence-electron chi connectivity index (χ2n) is 5.05. The molecular formula is C11H21N3O2. The smallest absolute Gasteiger partial charge is 0.332 e. The monoisotopic (exact) mass is 227 g/mol. The second kappa shape index (κ2) is 4.82. The first-order valence-electron chi connectivity index (χ1n) is 5.60. The number of carbonyl (C=O) groups is 1. The zero-order chi connectivity index (χ0) is 12.3. The number of nitrogens with two attached hydrogens (primary N) is 1. The topological polar surface area (TPSA) is 87.7 Å². The van der Waals surface area contributed by atoms with E-state index in [0.29, 0.717) is 11.8 Å². The summed E-state index contributed by atoms with van der Waals surface area (Å²) in [5, 5.41) is 12.9. The first-order chi connectivity index (χ1) is 7.39. The number of carbonyl (C=O) groups excluding carboxylic acids is 1. The number of hydrogen-bond donors (Lipinski definition) is 3. The molecule has 0 bridgehead atoms. The van der Waals surface area contributed by atoms with Crippen molar-refractivity contribution in [1.29, 1.82) is 0 Å². The van der Waals surface area contributed by atoms with E-state index in [-0.39, 0.29) is 12.0 Å². The van der Waals surface area contributed by atoms with Crippen LogP contribution in [0.25, 0.3) is 0 Å². The van der Waals surface area contributed by atoms with Gasteiger partial charge < -0.3 is 10.8 Å². The number of aliphatic hydroxyl groups is 1. The molecule has 1 aliphatic rings. The first-order valence-corrected chi connectivity index (χ1v) is 5.60. The molecule has 0 saturated heterocycles. The largest absolute Gasteiger partial charge is 0.396 e. The summed E-state index contributed by atoms with van der Waals surface area (Å²) in [4.78, 5) is 10.5. The average molecular weight is 227 g/mol. The van der Waals surface area contributed by atoms with Crippen molar-refractivity contribution in [2.75, 3.05) is 6.61 Å². The molecule has 0 aromatic heterocycles. The molecule has 5 heteroatoms. The van der Waals surface area contributed by atoms with Gasteiger partial charge in [-0.3, -0.25) is 0 Å². The fourth-order valence-corrected chi connectivity index (χ4v) is 2.59. The summed E-state index contributed by atoms with van der Waals surface area (Å²) in [7, 11) is 0. The Morgan fingerprint density at radius 3 is 2.69 bits per heavy atom. The van der Waals surface area contributed by atoms with Gasteiger partial charge in [-0.1, -0.05) is 13.8 Å². The molecule has 0 heterocycles. The van der Waals surface area contributed by atoms with Gasteiger partial charge in [0, 0.05) is 18.2 Å². The lowest BCUT2D eigenvalue weighted by molar-refractivity contribution is 0.00637. The number of nitrogens with one attached hydrogen (secondary N) is 1. The number of aliphatic hydroxyl groups excluding tert-OH is 1. The summed E-state index contributed by atoms with van der Waals surface area (Å²) < 4.78 is 0. The summed E-state index contributed by atoms with van der Waals surface area (Å²) in [6.07, 6.45) is 1.85. The van der Waals surface area contributed by atoms with Gasteiger partial charge in [-0.15, -0.1) is 0 Å². The number of hydrazone groups is 1. The fraction of sp³-hybridized carbons (Fsp3) is 0.818. The minimum atomic E-state index is -0.636. The van der Waals surface area contributed by atoms with E-state index in [1.807, 2.05) is 6.92 Å². The molecule has 2 amide bonds. The number of amides is 2. The molecule has 1 rings (SSSR count). The van der Waals surface area contributed by atoms with E-state index in [4.69, 9.17) is 10.8 Å². The lowest BCUT2D eigenvalue weighted by Gasteiger charge is -2.52. The van der Waals surface area contributed by atoms with Gasteiger partial charge in [-0.2, -0.15) is 5.10 Å². The maximum absolute atomic E-state index is 10.5. The number of primary amides is 1. The molecule has 5 nitrogen and oxygen atoms in total. The SMILES string of the molecule is C/C(=N\NC(N)=O)C1CC(CCO)C1(C)C. The van der Waals surface area contributed by atoms with Gasteiger partial charge in [-0.25, -0.2) is 10.2 Å². The van der Waals surface area contributed by atoms with Crippen molar-refractivity contribution in [2.24, 2.45) is 28.1 Å². The summed E-state index contributed by atoms with van der Waals surface area (Å²) in [6.45, 7) is 6.48. The Hall–Kier alpha value is -1.10. The lowest BCUT2D eigenvalue weighted by Crippen LogP contribution is -2.49. The first kappa shape index (κ1) is 13.0. The van der Waals surface area contributed by atoms with Gasteiger partial charge in [-0.05, 0) is 31.1 Å². The van der Waals surface area contributed by atoms with Crippen molar-refractivity contribution < 1.29 is 9.90 Å². The van der Waals surface area contributed by atoms with Crippen LogP contribution in [-0.2, 0) is 0 Å². The van der Waals surface area contributed by atoms with Crippen molar-refractivity contribution in [3.63, 3.8) is 0 Å². The Morgan fingerprint density at radius 2 is 2.25 bits per heavy atom. The molecule has 2 unspecified atom stereocenters. The highest BCUT2D eigenvalue weighted by molar-refractivity contribution is 5.87. The molecular weight excluding hydrogens is 206 g/mol. The van der Waals surface area contributed by atoms with Crippen molar-refractivity contribution in [2.45, 2.75) is 33.6 Å². The zero-order valence-electron chi connectivity index (χ0n) is 10.2. The molecule has 0 spiro atoms. The summed E-state index contributed by atoms with van der Waals surface area (Å²) >= 11 is 0. The highest BCUT2D eigenvalue weighted by Crippen LogP contribution is 2.53. The molecule has 0 aromatic carbocycles. The quantitative estimate of drug-likeness (QED) is 0.495. The summed E-state index contributed by atoms with van der Waals surface area (Å²) in [5.41, 5.74) is 8.24. The predicted molar refractivity (Wildman–Crippen MR) is 62.9 cm³/mol. The third-order valence-electron chi connectivity index (χ3n) is 3.79. The van der Waals surface area contributed by atoms with Crippen LogP contribution in [0.5, 0.6) is 0 Å². The Labute approximate surface area is 96.1 Å². The van der Waals surface area contributed by atoms with Crippen molar-refractivity contribution in [1.82, 2.24) is 5.43 Å². The Kier molecular flexibility index (Phi) is 3.91. The highest BCUT2D eigenvalue weighted by Gasteiger charge is 2.48. The maximum atomic E-state index is 10.5. The lowest BCUT2D eigenvalue weighted by atomic mass is 9.52. The molecule has 0 aliphatic heterocycles. The van der Waals surface area contributed by atoms with Crippen molar-refractivity contribution in [3.05, 3.63) is 0 Å². The molecule has 1 saturated carbocycles. The minimum absolute atomic E-state index is 0.135. The average Bonchev–Trinajstić information content (AvgIpc) is 2.20. The van der Waals surface area contributed by atoms with Gasteiger partial charge in [0.05, 0.1) is 0 Å². The molecule has 0 aromatic rings. The van der Waals surface area contributed by atoms with E-state index < -0.39 is 6.03 Å². The summed E-state index contributed by atoms with van der Waals surface area (Å²) in [5.74, 6) is 0.886. The Balaban J connectivity index is 2.58. The molecule has 1 aliphatic carbocycles. The summed E-state index contributed by atoms with van der Waals surface area (Å²) in [6, 6.07) is -0.636. The van der Waals surface area contributed by atoms with Crippen LogP contribution in [0, 0.1) is 17.3 Å². The van der Waals surface area contributed by atoms with Gasteiger partial charge >= 0.3 is 6.03 Å². The van der Waals surface area contributed by atoms with Gasteiger partial charge in [0.1, 0.15) is 0 Å². The molecule has 1 fully saturated rings. The van der Waals surface area contributed by atoms with Crippen LogP contribution in [0.4, 0.5) is 4.79 Å². The van der Waals surface area contributed by atoms with Crippen LogP contribution in [0.2, 0.25) is 0 Å². The zero-order valence-corrected chi connectivity index (χ0v) is 10.2. The van der Waals surface area contributed by atoms with E-state index >= 15 is 0 Å². The van der Waals surface area contributed by atoms with Crippen molar-refractivity contribution in [3.8, 4) is 0 Å². The van der Waals surface area contributed by atoms with Gasteiger partial charge in [0.2, 0.25) is 0 Å². The fourth-order valence-electron chi connectivity index (χ4n) is 2.59. The molecule has 0 radical (unpaired) electrons. The third kappa shape index (κ3) is 2.52. The normalized spacial score (nSPS) is 28.4. The van der Waals surface area contributed by atoms with Gasteiger partial charge in [0.25, 0.3) is 0 Å². The third-order valence-corrected chi connectivity index (χ3v) is 3.79. The Bertz CT molecular complexity index is 300. The van der Waals surface area contributed by atoms with E-state index in [1.54, 1.807) is 0 Å². The number of urea groups is 1.